The van der Waals surface area contributed by atoms with E-state index in [2.05, 4.69) is 9.97 Å². The van der Waals surface area contributed by atoms with Gasteiger partial charge in [-0.25, -0.2) is 9.97 Å². The number of rotatable bonds is 3. The number of ketones is 2. The Morgan fingerprint density at radius 3 is 2.34 bits per heavy atom. The summed E-state index contributed by atoms with van der Waals surface area (Å²) in [6.07, 6.45) is 3.28. The number of amides is 1. The number of aromatic hydroxyl groups is 1. The third kappa shape index (κ3) is 4.36. The maximum atomic E-state index is 13.8. The van der Waals surface area contributed by atoms with Crippen molar-refractivity contribution in [3.05, 3.63) is 58.6 Å². The van der Waals surface area contributed by atoms with Gasteiger partial charge in [0.25, 0.3) is 5.91 Å². The van der Waals surface area contributed by atoms with Crippen molar-refractivity contribution in [2.24, 2.45) is 17.6 Å². The Kier molecular flexibility index (Phi) is 8.95. The summed E-state index contributed by atoms with van der Waals surface area (Å²) in [7, 11) is 3.10. The number of carbonyl (C=O) groups is 3. The fourth-order valence-corrected chi connectivity index (χ4v) is 5.89. The SMILES string of the molecule is CN(C)[C@H]1C(=O)C(C(N)=O)=C(O)[C@@]2(O)C(=O)C3=C(O)c4c(O)ccc(-c5ncccn5)c4C[C@H]3C[C@@H]12.[I-].[K+]. The molecule has 38 heavy (non-hydrogen) atoms. The van der Waals surface area contributed by atoms with Gasteiger partial charge >= 0.3 is 51.4 Å². The number of hydrogen-bond acceptors (Lipinski definition) is 10. The Labute approximate surface area is 277 Å². The molecule has 11 nitrogen and oxygen atoms in total. The topological polar surface area (TPSA) is 187 Å². The zero-order valence-electron chi connectivity index (χ0n) is 20.8. The molecular formula is C25H24IKN4O7. The first-order valence-electron chi connectivity index (χ1n) is 11.3. The number of nitrogens with zero attached hydrogens (tertiary/aromatic N) is 3. The molecule has 1 amide bonds. The van der Waals surface area contributed by atoms with E-state index in [0.29, 0.717) is 17.0 Å². The molecule has 0 aliphatic heterocycles. The number of aliphatic hydroxyl groups excluding tert-OH is 2. The van der Waals surface area contributed by atoms with Gasteiger partial charge < -0.3 is 50.1 Å². The summed E-state index contributed by atoms with van der Waals surface area (Å²) in [5.74, 6) is -6.53. The van der Waals surface area contributed by atoms with E-state index in [9.17, 15) is 34.8 Å². The van der Waals surface area contributed by atoms with Crippen LogP contribution < -0.4 is 81.1 Å². The fraction of sp³-hybridized carbons (Fsp3) is 0.320. The molecular weight excluding hydrogens is 634 g/mol. The first-order valence-corrected chi connectivity index (χ1v) is 11.3. The van der Waals surface area contributed by atoms with Gasteiger partial charge in [-0.1, -0.05) is 0 Å². The van der Waals surface area contributed by atoms with Crippen LogP contribution in [0.1, 0.15) is 17.5 Å². The van der Waals surface area contributed by atoms with E-state index < -0.39 is 58.0 Å². The molecule has 1 fully saturated rings. The molecule has 3 aliphatic rings. The molecule has 13 heteroatoms. The van der Waals surface area contributed by atoms with Gasteiger partial charge in [-0.15, -0.1) is 0 Å². The van der Waals surface area contributed by atoms with Crippen LogP contribution in [0.15, 0.2) is 47.5 Å². The molecule has 0 spiro atoms. The molecule has 3 aliphatic carbocycles. The summed E-state index contributed by atoms with van der Waals surface area (Å²) in [5.41, 5.74) is 2.66. The van der Waals surface area contributed by atoms with E-state index in [-0.39, 0.29) is 105 Å². The maximum Gasteiger partial charge on any atom is 1.00 e. The van der Waals surface area contributed by atoms with Crippen LogP contribution >= 0.6 is 0 Å². The van der Waals surface area contributed by atoms with E-state index in [1.807, 2.05) is 0 Å². The largest absolute Gasteiger partial charge is 1.00 e. The molecule has 6 N–H and O–H groups in total. The Balaban J connectivity index is 0.00000200. The predicted molar refractivity (Wildman–Crippen MR) is 125 cm³/mol. The molecule has 194 valence electrons. The number of primary amides is 1. The van der Waals surface area contributed by atoms with Gasteiger partial charge in [-0.05, 0) is 56.6 Å². The fourth-order valence-electron chi connectivity index (χ4n) is 5.89. The standard InChI is InChI=1S/C25H24N4O7.HI.K/c1-29(2)18-13-9-10-8-12-11(24-27-6-3-7-28-24)4-5-14(30)16(12)19(31)15(10)21(33)25(13,36)22(34)17(20(18)32)23(26)35;;/h3-7,10,13,18,30-31,34,36H,8-9H2,1-2H3,(H2,26,35);1H;/q;;+1/p-1/t10-,13-,18+,25-;;/m0../s1. The van der Waals surface area contributed by atoms with E-state index >= 15 is 0 Å². The van der Waals surface area contributed by atoms with Crippen LogP contribution in [0.2, 0.25) is 0 Å². The molecule has 1 heterocycles. The number of halogens is 1. The zero-order valence-corrected chi connectivity index (χ0v) is 26.1. The van der Waals surface area contributed by atoms with Gasteiger partial charge in [-0.2, -0.15) is 0 Å². The minimum atomic E-state index is -2.67. The molecule has 5 rings (SSSR count). The first-order chi connectivity index (χ1) is 17.0. The molecule has 0 saturated heterocycles. The summed E-state index contributed by atoms with van der Waals surface area (Å²) in [4.78, 5) is 48.9. The summed E-state index contributed by atoms with van der Waals surface area (Å²) in [5, 5.41) is 44.3. The van der Waals surface area contributed by atoms with Gasteiger partial charge in [0.2, 0.25) is 5.78 Å². The summed E-state index contributed by atoms with van der Waals surface area (Å²) >= 11 is 0. The Hall–Kier alpha value is -1.72. The quantitative estimate of drug-likeness (QED) is 0.121. The average molecular weight is 658 g/mol. The number of benzene rings is 1. The summed E-state index contributed by atoms with van der Waals surface area (Å²) in [6.45, 7) is 0. The van der Waals surface area contributed by atoms with Crippen molar-refractivity contribution in [1.82, 2.24) is 14.9 Å². The van der Waals surface area contributed by atoms with Gasteiger partial charge in [0.05, 0.1) is 11.6 Å². The van der Waals surface area contributed by atoms with Crippen molar-refractivity contribution in [2.75, 3.05) is 14.1 Å². The van der Waals surface area contributed by atoms with Crippen LogP contribution in [0, 0.1) is 11.8 Å². The smallest absolute Gasteiger partial charge is 1.00 e. The maximum absolute atomic E-state index is 13.8. The number of phenolic OH excluding ortho intramolecular Hbond substituents is 1. The molecule has 2 aromatic rings. The number of aromatic nitrogens is 2. The number of nitrogens with two attached hydrogens (primary N) is 1. The van der Waals surface area contributed by atoms with Crippen LogP contribution in [0.4, 0.5) is 0 Å². The van der Waals surface area contributed by atoms with Crippen LogP contribution in [0.25, 0.3) is 17.1 Å². The van der Waals surface area contributed by atoms with E-state index in [1.165, 1.54) is 11.0 Å². The molecule has 0 radical (unpaired) electrons. The summed E-state index contributed by atoms with van der Waals surface area (Å²) < 4.78 is 0. The number of fused-ring (bicyclic) bond motifs is 3. The Bertz CT molecular complexity index is 1410. The average Bonchev–Trinajstić information content (AvgIpc) is 2.81. The normalized spacial score (nSPS) is 26.2. The van der Waals surface area contributed by atoms with Crippen molar-refractivity contribution < 1.29 is 110 Å². The molecule has 1 aromatic carbocycles. The predicted octanol–water partition coefficient (Wildman–Crippen LogP) is -5.57. The van der Waals surface area contributed by atoms with Crippen LogP contribution in [-0.2, 0) is 20.8 Å². The van der Waals surface area contributed by atoms with Gasteiger partial charge in [-0.3, -0.25) is 19.3 Å². The van der Waals surface area contributed by atoms with Crippen molar-refractivity contribution in [2.45, 2.75) is 24.5 Å². The van der Waals surface area contributed by atoms with Crippen LogP contribution in [0.3, 0.4) is 0 Å². The van der Waals surface area contributed by atoms with Crippen molar-refractivity contribution in [1.29, 1.82) is 0 Å². The van der Waals surface area contributed by atoms with E-state index in [1.54, 1.807) is 38.6 Å². The molecule has 1 aromatic heterocycles. The second-order valence-electron chi connectivity index (χ2n) is 9.52. The number of phenols is 1. The van der Waals surface area contributed by atoms with E-state index in [4.69, 9.17) is 5.73 Å². The van der Waals surface area contributed by atoms with Gasteiger partial charge in [0.15, 0.2) is 17.2 Å². The number of Topliss-reactive ketones (excluding diaryl/α,β-unsaturated/α-hetero) is 2. The van der Waals surface area contributed by atoms with Gasteiger partial charge in [0, 0.05) is 29.4 Å². The monoisotopic (exact) mass is 658 g/mol. The van der Waals surface area contributed by atoms with Crippen molar-refractivity contribution >= 4 is 23.2 Å². The number of aliphatic hydroxyl groups is 3. The zero-order chi connectivity index (χ0) is 26.1. The minimum absolute atomic E-state index is 0. The molecule has 0 unspecified atom stereocenters. The number of carbonyl (C=O) groups excluding carboxylic acids is 3. The second kappa shape index (κ2) is 11.0. The Morgan fingerprint density at radius 2 is 1.76 bits per heavy atom. The molecule has 0 bridgehead atoms. The molecule has 4 atom stereocenters. The van der Waals surface area contributed by atoms with Crippen LogP contribution in [-0.4, -0.2) is 78.5 Å². The van der Waals surface area contributed by atoms with Crippen LogP contribution in [0.5, 0.6) is 5.75 Å². The van der Waals surface area contributed by atoms with Crippen molar-refractivity contribution in [3.8, 4) is 17.1 Å². The minimum Gasteiger partial charge on any atom is -1.00 e. The summed E-state index contributed by atoms with van der Waals surface area (Å²) in [6, 6.07) is 3.47. The third-order valence-electron chi connectivity index (χ3n) is 7.41. The number of likely N-dealkylation sites (N-methyl/N-ethyl adjacent to an activating group) is 1. The second-order valence-corrected chi connectivity index (χ2v) is 9.52. The third-order valence-corrected chi connectivity index (χ3v) is 7.41. The van der Waals surface area contributed by atoms with Crippen molar-refractivity contribution in [3.63, 3.8) is 0 Å². The molecule has 1 saturated carbocycles. The first kappa shape index (κ1) is 30.8. The van der Waals surface area contributed by atoms with E-state index in [0.717, 1.165) is 0 Å². The Morgan fingerprint density at radius 1 is 1.13 bits per heavy atom. The number of hydrogen-bond donors (Lipinski definition) is 5. The van der Waals surface area contributed by atoms with Gasteiger partial charge in [0.1, 0.15) is 22.8 Å².